The molecule has 0 aliphatic heterocycles. The van der Waals surface area contributed by atoms with Crippen LogP contribution in [0.1, 0.15) is 38.2 Å². The van der Waals surface area contributed by atoms with E-state index >= 15 is 0 Å². The van der Waals surface area contributed by atoms with Crippen molar-refractivity contribution >= 4 is 0 Å². The van der Waals surface area contributed by atoms with E-state index in [9.17, 15) is 5.11 Å². The van der Waals surface area contributed by atoms with Crippen molar-refractivity contribution in [3.8, 4) is 0 Å². The molecule has 0 unspecified atom stereocenters. The number of unbranched alkanes of at least 4 members (excludes halogenated alkanes) is 1. The van der Waals surface area contributed by atoms with Crippen LogP contribution < -0.4 is 0 Å². The maximum atomic E-state index is 9.64. The highest BCUT2D eigenvalue weighted by Crippen LogP contribution is 2.09. The van der Waals surface area contributed by atoms with Crippen LogP contribution >= 0.6 is 0 Å². The molecule has 0 saturated heterocycles. The minimum Gasteiger partial charge on any atom is -0.393 e. The number of rotatable bonds is 6. The van der Waals surface area contributed by atoms with Gasteiger partial charge in [-0.25, -0.2) is 0 Å². The monoisotopic (exact) mass is 192 g/mol. The zero-order chi connectivity index (χ0) is 10.2. The summed E-state index contributed by atoms with van der Waals surface area (Å²) in [5, 5.41) is 9.64. The first-order valence-electron chi connectivity index (χ1n) is 5.55. The van der Waals surface area contributed by atoms with Gasteiger partial charge < -0.3 is 5.11 Å². The van der Waals surface area contributed by atoms with Gasteiger partial charge in [-0.3, -0.25) is 0 Å². The van der Waals surface area contributed by atoms with Gasteiger partial charge in [0, 0.05) is 0 Å². The fourth-order valence-corrected chi connectivity index (χ4v) is 1.56. The van der Waals surface area contributed by atoms with E-state index in [0.717, 1.165) is 25.7 Å². The molecule has 1 rings (SSSR count). The van der Waals surface area contributed by atoms with E-state index < -0.39 is 0 Å². The third-order valence-electron chi connectivity index (χ3n) is 2.50. The molecule has 0 aliphatic carbocycles. The molecule has 0 fully saturated rings. The Morgan fingerprint density at radius 3 is 2.50 bits per heavy atom. The van der Waals surface area contributed by atoms with Crippen LogP contribution in [0.5, 0.6) is 0 Å². The van der Waals surface area contributed by atoms with Gasteiger partial charge in [-0.1, -0.05) is 50.1 Å². The van der Waals surface area contributed by atoms with Crippen molar-refractivity contribution in [2.75, 3.05) is 0 Å². The molecule has 1 nitrogen and oxygen atoms in total. The van der Waals surface area contributed by atoms with Crippen molar-refractivity contribution in [3.05, 3.63) is 35.9 Å². The van der Waals surface area contributed by atoms with Gasteiger partial charge in [0.2, 0.25) is 0 Å². The number of aliphatic hydroxyl groups excluding tert-OH is 1. The lowest BCUT2D eigenvalue weighted by Crippen LogP contribution is -2.07. The Morgan fingerprint density at radius 2 is 1.86 bits per heavy atom. The summed E-state index contributed by atoms with van der Waals surface area (Å²) in [6.45, 7) is 2.16. The zero-order valence-electron chi connectivity index (χ0n) is 8.95. The second-order valence-corrected chi connectivity index (χ2v) is 3.82. The minimum absolute atomic E-state index is 0.116. The summed E-state index contributed by atoms with van der Waals surface area (Å²) in [6, 6.07) is 10.4. The van der Waals surface area contributed by atoms with Gasteiger partial charge in [-0.05, 0) is 24.8 Å². The Bertz CT molecular complexity index is 230. The topological polar surface area (TPSA) is 20.2 Å². The smallest absolute Gasteiger partial charge is 0.0543 e. The van der Waals surface area contributed by atoms with Crippen LogP contribution in [-0.4, -0.2) is 11.2 Å². The summed E-state index contributed by atoms with van der Waals surface area (Å²) in [6.07, 6.45) is 5.02. The summed E-state index contributed by atoms with van der Waals surface area (Å²) < 4.78 is 0. The molecule has 1 aromatic carbocycles. The van der Waals surface area contributed by atoms with Gasteiger partial charge in [0.25, 0.3) is 0 Å². The summed E-state index contributed by atoms with van der Waals surface area (Å²) in [5.74, 6) is 0. The van der Waals surface area contributed by atoms with Crippen LogP contribution in [-0.2, 0) is 6.42 Å². The van der Waals surface area contributed by atoms with Crippen LogP contribution in [0.3, 0.4) is 0 Å². The highest BCUT2D eigenvalue weighted by atomic mass is 16.3. The lowest BCUT2D eigenvalue weighted by atomic mass is 10.0. The van der Waals surface area contributed by atoms with Crippen molar-refractivity contribution in [1.82, 2.24) is 0 Å². The van der Waals surface area contributed by atoms with E-state index in [0.29, 0.717) is 0 Å². The molecule has 0 amide bonds. The van der Waals surface area contributed by atoms with E-state index in [-0.39, 0.29) is 6.10 Å². The molecule has 0 radical (unpaired) electrons. The number of hydrogen-bond acceptors (Lipinski definition) is 1. The summed E-state index contributed by atoms with van der Waals surface area (Å²) in [5.41, 5.74) is 1.32. The van der Waals surface area contributed by atoms with E-state index in [1.807, 2.05) is 18.2 Å². The van der Waals surface area contributed by atoms with Gasteiger partial charge in [0.1, 0.15) is 0 Å². The number of aryl methyl sites for hydroxylation is 1. The number of aliphatic hydroxyl groups is 1. The largest absolute Gasteiger partial charge is 0.393 e. The normalized spacial score (nSPS) is 12.7. The summed E-state index contributed by atoms with van der Waals surface area (Å²) in [7, 11) is 0. The fraction of sp³-hybridized carbons (Fsp3) is 0.538. The van der Waals surface area contributed by atoms with E-state index in [2.05, 4.69) is 19.1 Å². The Hall–Kier alpha value is -0.820. The maximum absolute atomic E-state index is 9.64. The van der Waals surface area contributed by atoms with E-state index in [1.165, 1.54) is 12.0 Å². The van der Waals surface area contributed by atoms with Crippen molar-refractivity contribution in [1.29, 1.82) is 0 Å². The molecule has 1 N–H and O–H groups in total. The van der Waals surface area contributed by atoms with Crippen LogP contribution in [0.15, 0.2) is 30.3 Å². The first kappa shape index (κ1) is 11.3. The quantitative estimate of drug-likeness (QED) is 0.734. The van der Waals surface area contributed by atoms with Crippen LogP contribution in [0.2, 0.25) is 0 Å². The number of benzene rings is 1. The molecule has 0 bridgehead atoms. The average Bonchev–Trinajstić information content (AvgIpc) is 2.25. The Morgan fingerprint density at radius 1 is 1.14 bits per heavy atom. The molecule has 0 aromatic heterocycles. The van der Waals surface area contributed by atoms with Crippen LogP contribution in [0.4, 0.5) is 0 Å². The first-order chi connectivity index (χ1) is 6.83. The molecular weight excluding hydrogens is 172 g/mol. The minimum atomic E-state index is -0.116. The second-order valence-electron chi connectivity index (χ2n) is 3.82. The zero-order valence-corrected chi connectivity index (χ0v) is 8.95. The SMILES string of the molecule is CCCC[C@@H](O)CCc1ccccc1. The fourth-order valence-electron chi connectivity index (χ4n) is 1.56. The molecule has 1 aromatic rings. The van der Waals surface area contributed by atoms with Gasteiger partial charge in [-0.15, -0.1) is 0 Å². The molecule has 0 aliphatic rings. The third-order valence-corrected chi connectivity index (χ3v) is 2.50. The van der Waals surface area contributed by atoms with Gasteiger partial charge in [0.15, 0.2) is 0 Å². The summed E-state index contributed by atoms with van der Waals surface area (Å²) in [4.78, 5) is 0. The Balaban J connectivity index is 2.20. The van der Waals surface area contributed by atoms with Crippen molar-refractivity contribution in [2.45, 2.75) is 45.1 Å². The lowest BCUT2D eigenvalue weighted by Gasteiger charge is -2.09. The predicted molar refractivity (Wildman–Crippen MR) is 60.3 cm³/mol. The molecule has 0 heterocycles. The third kappa shape index (κ3) is 4.43. The second kappa shape index (κ2) is 6.61. The molecule has 0 saturated carbocycles. The molecule has 1 heteroatoms. The van der Waals surface area contributed by atoms with E-state index in [4.69, 9.17) is 0 Å². The van der Waals surface area contributed by atoms with Crippen molar-refractivity contribution in [3.63, 3.8) is 0 Å². The first-order valence-corrected chi connectivity index (χ1v) is 5.55. The van der Waals surface area contributed by atoms with Gasteiger partial charge in [0.05, 0.1) is 6.10 Å². The molecular formula is C13H20O. The maximum Gasteiger partial charge on any atom is 0.0543 e. The highest BCUT2D eigenvalue weighted by Gasteiger charge is 2.03. The average molecular weight is 192 g/mol. The number of hydrogen-bond donors (Lipinski definition) is 1. The van der Waals surface area contributed by atoms with Gasteiger partial charge in [-0.2, -0.15) is 0 Å². The van der Waals surface area contributed by atoms with Crippen molar-refractivity contribution in [2.24, 2.45) is 0 Å². The molecule has 78 valence electrons. The Kier molecular flexibility index (Phi) is 5.31. The summed E-state index contributed by atoms with van der Waals surface area (Å²) >= 11 is 0. The highest BCUT2D eigenvalue weighted by molar-refractivity contribution is 5.14. The molecule has 1 atom stereocenters. The molecule has 14 heavy (non-hydrogen) atoms. The van der Waals surface area contributed by atoms with Gasteiger partial charge >= 0.3 is 0 Å². The van der Waals surface area contributed by atoms with Crippen LogP contribution in [0.25, 0.3) is 0 Å². The molecule has 0 spiro atoms. The van der Waals surface area contributed by atoms with E-state index in [1.54, 1.807) is 0 Å². The Labute approximate surface area is 86.8 Å². The van der Waals surface area contributed by atoms with Crippen LogP contribution in [0, 0.1) is 0 Å². The predicted octanol–water partition coefficient (Wildman–Crippen LogP) is 3.17. The standard InChI is InChI=1S/C13H20O/c1-2-3-9-13(14)11-10-12-7-5-4-6-8-12/h4-8,13-14H,2-3,9-11H2,1H3/t13-/m1/s1. The van der Waals surface area contributed by atoms with Crippen molar-refractivity contribution < 1.29 is 5.11 Å². The lowest BCUT2D eigenvalue weighted by molar-refractivity contribution is 0.152.